The van der Waals surface area contributed by atoms with Crippen molar-refractivity contribution in [3.8, 4) is 0 Å². The summed E-state index contributed by atoms with van der Waals surface area (Å²) in [5.41, 5.74) is 0.387. The monoisotopic (exact) mass is 381 g/mol. The van der Waals surface area contributed by atoms with E-state index in [2.05, 4.69) is 5.32 Å². The molecule has 6 heteroatoms. The van der Waals surface area contributed by atoms with Gasteiger partial charge >= 0.3 is 0 Å². The van der Waals surface area contributed by atoms with Crippen molar-refractivity contribution in [3.05, 3.63) is 29.8 Å². The largest absolute Gasteiger partial charge is 0.396 e. The molecule has 1 heterocycles. The van der Waals surface area contributed by atoms with Crippen LogP contribution in [0.5, 0.6) is 0 Å². The molecule has 5 nitrogen and oxygen atoms in total. The number of aliphatic hydroxyl groups is 2. The number of amides is 1. The fraction of sp³-hybridized carbons (Fsp3) is 0.667. The molecule has 1 aromatic rings. The summed E-state index contributed by atoms with van der Waals surface area (Å²) in [6, 6.07) is 7.46. The van der Waals surface area contributed by atoms with E-state index in [4.69, 9.17) is 4.74 Å². The first-order chi connectivity index (χ1) is 12.6. The van der Waals surface area contributed by atoms with Gasteiger partial charge in [0.2, 0.25) is 0 Å². The Morgan fingerprint density at radius 1 is 1.26 bits per heavy atom. The molecule has 1 fully saturated rings. The van der Waals surface area contributed by atoms with Crippen LogP contribution in [0.25, 0.3) is 0 Å². The average molecular weight is 381 g/mol. The minimum absolute atomic E-state index is 0.00364. The third kappa shape index (κ3) is 5.74. The summed E-state index contributed by atoms with van der Waals surface area (Å²) in [5, 5.41) is 21.1. The highest BCUT2D eigenvalue weighted by atomic mass is 19.1. The standard InChI is InChI=1S/C21H32FNO4/c1-13-17(27-18(11-12-24)19(13)21(3,4)22)10-7-15-5-8-16(9-6-15)23-20(26)14(2)25/h5-6,8-9,13-14,17-19,24-25H,7,10-12H2,1-4H3,(H,23,26)/t13-,14-,17+,18-,19+/m0/s1. The highest BCUT2D eigenvalue weighted by Crippen LogP contribution is 2.43. The Kier molecular flexibility index (Phi) is 7.37. The number of hydrogen-bond donors (Lipinski definition) is 3. The van der Waals surface area contributed by atoms with Gasteiger partial charge in [0.1, 0.15) is 11.8 Å². The molecule has 0 spiro atoms. The Hall–Kier alpha value is -1.50. The zero-order valence-corrected chi connectivity index (χ0v) is 16.6. The second kappa shape index (κ2) is 9.13. The summed E-state index contributed by atoms with van der Waals surface area (Å²) in [6.07, 6.45) is 0.658. The molecule has 2 rings (SSSR count). The molecule has 0 aromatic heterocycles. The molecule has 27 heavy (non-hydrogen) atoms. The highest BCUT2D eigenvalue weighted by molar-refractivity contribution is 5.93. The number of carbonyl (C=O) groups excluding carboxylic acids is 1. The fourth-order valence-electron chi connectivity index (χ4n) is 4.09. The van der Waals surface area contributed by atoms with Crippen LogP contribution < -0.4 is 5.32 Å². The lowest BCUT2D eigenvalue weighted by molar-refractivity contribution is -0.123. The number of nitrogens with one attached hydrogen (secondary N) is 1. The second-order valence-electron chi connectivity index (χ2n) is 8.08. The van der Waals surface area contributed by atoms with Gasteiger partial charge < -0.3 is 20.3 Å². The van der Waals surface area contributed by atoms with E-state index < -0.39 is 17.7 Å². The van der Waals surface area contributed by atoms with Crippen LogP contribution in [0.4, 0.5) is 10.1 Å². The van der Waals surface area contributed by atoms with Crippen LogP contribution in [0.3, 0.4) is 0 Å². The van der Waals surface area contributed by atoms with Crippen molar-refractivity contribution >= 4 is 11.6 Å². The van der Waals surface area contributed by atoms with Crippen molar-refractivity contribution in [3.63, 3.8) is 0 Å². The molecular formula is C21H32FNO4. The molecular weight excluding hydrogens is 349 g/mol. The number of halogens is 1. The van der Waals surface area contributed by atoms with E-state index in [0.717, 1.165) is 18.4 Å². The fourth-order valence-corrected chi connectivity index (χ4v) is 4.09. The number of ether oxygens (including phenoxy) is 1. The molecule has 0 unspecified atom stereocenters. The van der Waals surface area contributed by atoms with Crippen molar-refractivity contribution in [2.75, 3.05) is 11.9 Å². The molecule has 1 amide bonds. The Balaban J connectivity index is 1.95. The van der Waals surface area contributed by atoms with Crippen molar-refractivity contribution in [2.24, 2.45) is 11.8 Å². The predicted molar refractivity (Wildman–Crippen MR) is 103 cm³/mol. The molecule has 3 N–H and O–H groups in total. The second-order valence-corrected chi connectivity index (χ2v) is 8.08. The first-order valence-electron chi connectivity index (χ1n) is 9.66. The predicted octanol–water partition coefficient (Wildman–Crippen LogP) is 3.09. The molecule has 5 atom stereocenters. The van der Waals surface area contributed by atoms with Crippen LogP contribution in [-0.4, -0.2) is 46.7 Å². The van der Waals surface area contributed by atoms with E-state index in [1.807, 2.05) is 19.1 Å². The number of rotatable bonds is 8. The van der Waals surface area contributed by atoms with Crippen LogP contribution in [0.2, 0.25) is 0 Å². The van der Waals surface area contributed by atoms with Gasteiger partial charge in [0.25, 0.3) is 5.91 Å². The maximum absolute atomic E-state index is 14.6. The maximum atomic E-state index is 14.6. The summed E-state index contributed by atoms with van der Waals surface area (Å²) in [5.74, 6) is -0.593. The average Bonchev–Trinajstić information content (AvgIpc) is 2.90. The van der Waals surface area contributed by atoms with Gasteiger partial charge in [-0.1, -0.05) is 19.1 Å². The lowest BCUT2D eigenvalue weighted by Crippen LogP contribution is -2.37. The van der Waals surface area contributed by atoms with Gasteiger partial charge in [0, 0.05) is 18.2 Å². The van der Waals surface area contributed by atoms with Crippen molar-refractivity contribution in [1.29, 1.82) is 0 Å². The van der Waals surface area contributed by atoms with Crippen molar-refractivity contribution in [2.45, 2.75) is 70.9 Å². The zero-order chi connectivity index (χ0) is 20.2. The van der Waals surface area contributed by atoms with Crippen LogP contribution in [-0.2, 0) is 16.0 Å². The van der Waals surface area contributed by atoms with Gasteiger partial charge in [-0.3, -0.25) is 4.79 Å². The number of anilines is 1. The van der Waals surface area contributed by atoms with Crippen molar-refractivity contribution in [1.82, 2.24) is 0 Å². The summed E-state index contributed by atoms with van der Waals surface area (Å²) < 4.78 is 20.7. The topological polar surface area (TPSA) is 78.8 Å². The Morgan fingerprint density at radius 3 is 2.41 bits per heavy atom. The Bertz CT molecular complexity index is 612. The molecule has 0 bridgehead atoms. The number of aryl methyl sites for hydroxylation is 1. The maximum Gasteiger partial charge on any atom is 0.252 e. The summed E-state index contributed by atoms with van der Waals surface area (Å²) >= 11 is 0. The summed E-state index contributed by atoms with van der Waals surface area (Å²) in [4.78, 5) is 11.5. The minimum atomic E-state index is -1.35. The van der Waals surface area contributed by atoms with E-state index in [-0.39, 0.29) is 30.7 Å². The normalized spacial score (nSPS) is 26.8. The molecule has 1 aromatic carbocycles. The van der Waals surface area contributed by atoms with Crippen LogP contribution in [0.1, 0.15) is 46.1 Å². The summed E-state index contributed by atoms with van der Waals surface area (Å²) in [7, 11) is 0. The first kappa shape index (κ1) is 21.8. The van der Waals surface area contributed by atoms with Gasteiger partial charge in [-0.25, -0.2) is 4.39 Å². The molecule has 1 aliphatic heterocycles. The number of carbonyl (C=O) groups is 1. The minimum Gasteiger partial charge on any atom is -0.396 e. The molecule has 0 aliphatic carbocycles. The van der Waals surface area contributed by atoms with E-state index in [1.165, 1.54) is 6.92 Å². The first-order valence-corrected chi connectivity index (χ1v) is 9.66. The van der Waals surface area contributed by atoms with Gasteiger partial charge in [0.15, 0.2) is 0 Å². The van der Waals surface area contributed by atoms with Gasteiger partial charge in [-0.05, 0) is 63.6 Å². The van der Waals surface area contributed by atoms with E-state index >= 15 is 0 Å². The van der Waals surface area contributed by atoms with E-state index in [0.29, 0.717) is 12.1 Å². The number of aliphatic hydroxyl groups excluding tert-OH is 2. The molecule has 1 saturated heterocycles. The quantitative estimate of drug-likeness (QED) is 0.647. The van der Waals surface area contributed by atoms with Crippen molar-refractivity contribution < 1.29 is 24.1 Å². The molecule has 0 saturated carbocycles. The SMILES string of the molecule is C[C@@H]1[C@@H](C(C)(C)F)[C@H](CCO)O[C@@H]1CCc1ccc(NC(=O)[C@H](C)O)cc1. The number of hydrogen-bond acceptors (Lipinski definition) is 4. The van der Waals surface area contributed by atoms with Gasteiger partial charge in [-0.2, -0.15) is 0 Å². The van der Waals surface area contributed by atoms with Crippen LogP contribution >= 0.6 is 0 Å². The number of alkyl halides is 1. The van der Waals surface area contributed by atoms with Crippen LogP contribution in [0.15, 0.2) is 24.3 Å². The zero-order valence-electron chi connectivity index (χ0n) is 16.6. The van der Waals surface area contributed by atoms with Gasteiger partial charge in [-0.15, -0.1) is 0 Å². The van der Waals surface area contributed by atoms with Crippen LogP contribution in [0, 0.1) is 11.8 Å². The summed E-state index contributed by atoms with van der Waals surface area (Å²) in [6.45, 7) is 6.62. The molecule has 152 valence electrons. The Morgan fingerprint density at radius 2 is 1.89 bits per heavy atom. The van der Waals surface area contributed by atoms with Gasteiger partial charge in [0.05, 0.1) is 12.2 Å². The third-order valence-corrected chi connectivity index (χ3v) is 5.43. The Labute approximate surface area is 160 Å². The third-order valence-electron chi connectivity index (χ3n) is 5.43. The smallest absolute Gasteiger partial charge is 0.252 e. The lowest BCUT2D eigenvalue weighted by atomic mass is 9.77. The van der Waals surface area contributed by atoms with E-state index in [1.54, 1.807) is 26.0 Å². The molecule has 0 radical (unpaired) electrons. The molecule has 1 aliphatic rings. The van der Waals surface area contributed by atoms with E-state index in [9.17, 15) is 19.4 Å². The lowest BCUT2D eigenvalue weighted by Gasteiger charge is -2.30. The highest BCUT2D eigenvalue weighted by Gasteiger charge is 2.48. The number of benzene rings is 1.